The highest BCUT2D eigenvalue weighted by Crippen LogP contribution is 2.38. The summed E-state index contributed by atoms with van der Waals surface area (Å²) in [7, 11) is 0. The molecule has 26 heavy (non-hydrogen) atoms. The van der Waals surface area contributed by atoms with Crippen LogP contribution >= 0.6 is 0 Å². The first-order chi connectivity index (χ1) is 12.4. The standard InChI is InChI=1S/C18H14N2O6/c1-8-5-11-14(9(2)19-15(16(11)21)18(22)23)20-17(8)26-10-3-4-12-13(6-10)25-7-24-12/h3-6,21H,7H2,1-2H3,(H,22,23). The zero-order valence-electron chi connectivity index (χ0n) is 13.9. The molecule has 0 radical (unpaired) electrons. The second-order valence-corrected chi connectivity index (χ2v) is 5.82. The maximum absolute atomic E-state index is 11.2. The monoisotopic (exact) mass is 354 g/mol. The third kappa shape index (κ3) is 2.52. The Balaban J connectivity index is 1.79. The second-order valence-electron chi connectivity index (χ2n) is 5.82. The van der Waals surface area contributed by atoms with E-state index in [0.717, 1.165) is 0 Å². The normalized spacial score (nSPS) is 12.4. The van der Waals surface area contributed by atoms with Gasteiger partial charge in [0.2, 0.25) is 12.7 Å². The van der Waals surface area contributed by atoms with E-state index >= 15 is 0 Å². The smallest absolute Gasteiger partial charge is 0.358 e. The molecular weight excluding hydrogens is 340 g/mol. The summed E-state index contributed by atoms with van der Waals surface area (Å²) >= 11 is 0. The van der Waals surface area contributed by atoms with E-state index < -0.39 is 17.4 Å². The largest absolute Gasteiger partial charge is 0.505 e. The quantitative estimate of drug-likeness (QED) is 0.738. The second kappa shape index (κ2) is 5.76. The van der Waals surface area contributed by atoms with E-state index in [1.54, 1.807) is 38.1 Å². The van der Waals surface area contributed by atoms with Crippen LogP contribution in [0.25, 0.3) is 10.9 Å². The minimum Gasteiger partial charge on any atom is -0.505 e. The van der Waals surface area contributed by atoms with Gasteiger partial charge in [0.05, 0.1) is 11.2 Å². The van der Waals surface area contributed by atoms with E-state index in [9.17, 15) is 9.90 Å². The molecule has 0 saturated heterocycles. The van der Waals surface area contributed by atoms with Crippen molar-refractivity contribution in [2.75, 3.05) is 6.79 Å². The number of aromatic carboxylic acids is 1. The molecule has 1 aromatic carbocycles. The summed E-state index contributed by atoms with van der Waals surface area (Å²) < 4.78 is 16.4. The lowest BCUT2D eigenvalue weighted by Gasteiger charge is -2.12. The van der Waals surface area contributed by atoms with Gasteiger partial charge in [-0.15, -0.1) is 0 Å². The van der Waals surface area contributed by atoms with Crippen molar-refractivity contribution in [2.45, 2.75) is 13.8 Å². The molecule has 0 fully saturated rings. The topological polar surface area (TPSA) is 111 Å². The van der Waals surface area contributed by atoms with Gasteiger partial charge in [-0.2, -0.15) is 0 Å². The number of pyridine rings is 2. The van der Waals surface area contributed by atoms with Crippen LogP contribution in [0.1, 0.15) is 21.7 Å². The summed E-state index contributed by atoms with van der Waals surface area (Å²) in [6.45, 7) is 3.55. The molecule has 0 atom stereocenters. The number of aromatic nitrogens is 2. The number of fused-ring (bicyclic) bond motifs is 2. The Hall–Kier alpha value is -3.55. The predicted molar refractivity (Wildman–Crippen MR) is 90.3 cm³/mol. The fourth-order valence-corrected chi connectivity index (χ4v) is 2.76. The molecule has 3 aromatic rings. The number of rotatable bonds is 3. The third-order valence-corrected chi connectivity index (χ3v) is 4.03. The van der Waals surface area contributed by atoms with Crippen LogP contribution in [0.15, 0.2) is 24.3 Å². The Morgan fingerprint density at radius 3 is 2.69 bits per heavy atom. The van der Waals surface area contributed by atoms with E-state index in [4.69, 9.17) is 19.3 Å². The number of carboxylic acids is 1. The fourth-order valence-electron chi connectivity index (χ4n) is 2.76. The number of benzene rings is 1. The van der Waals surface area contributed by atoms with Crippen molar-refractivity contribution in [3.8, 4) is 28.9 Å². The van der Waals surface area contributed by atoms with Crippen LogP contribution in [0.3, 0.4) is 0 Å². The Labute approximate surface area is 147 Å². The average molecular weight is 354 g/mol. The maximum atomic E-state index is 11.2. The molecule has 0 unspecified atom stereocenters. The Bertz CT molecular complexity index is 1060. The van der Waals surface area contributed by atoms with Crippen molar-refractivity contribution in [3.05, 3.63) is 41.2 Å². The number of carboxylic acid groups (broad SMARTS) is 1. The number of hydrogen-bond acceptors (Lipinski definition) is 7. The molecule has 3 heterocycles. The van der Waals surface area contributed by atoms with Crippen LogP contribution < -0.4 is 14.2 Å². The lowest BCUT2D eigenvalue weighted by molar-refractivity contribution is 0.0687. The molecular formula is C18H14N2O6. The Morgan fingerprint density at radius 1 is 1.15 bits per heavy atom. The molecule has 1 aliphatic rings. The van der Waals surface area contributed by atoms with Gasteiger partial charge in [0.1, 0.15) is 5.75 Å². The van der Waals surface area contributed by atoms with Crippen molar-refractivity contribution in [1.82, 2.24) is 9.97 Å². The van der Waals surface area contributed by atoms with Crippen LogP contribution in [0.5, 0.6) is 28.9 Å². The van der Waals surface area contributed by atoms with E-state index in [2.05, 4.69) is 9.97 Å². The summed E-state index contributed by atoms with van der Waals surface area (Å²) in [5.74, 6) is 0.355. The lowest BCUT2D eigenvalue weighted by Crippen LogP contribution is -2.04. The lowest BCUT2D eigenvalue weighted by atomic mass is 10.1. The summed E-state index contributed by atoms with van der Waals surface area (Å²) in [5, 5.41) is 19.7. The zero-order chi connectivity index (χ0) is 18.4. The number of aryl methyl sites for hydroxylation is 2. The third-order valence-electron chi connectivity index (χ3n) is 4.03. The van der Waals surface area contributed by atoms with Crippen LogP contribution in [-0.2, 0) is 0 Å². The molecule has 0 saturated carbocycles. The van der Waals surface area contributed by atoms with Gasteiger partial charge < -0.3 is 24.4 Å². The number of aromatic hydroxyl groups is 1. The maximum Gasteiger partial charge on any atom is 0.358 e. The van der Waals surface area contributed by atoms with Gasteiger partial charge >= 0.3 is 5.97 Å². The molecule has 0 bridgehead atoms. The van der Waals surface area contributed by atoms with Crippen molar-refractivity contribution in [1.29, 1.82) is 0 Å². The number of ether oxygens (including phenoxy) is 3. The van der Waals surface area contributed by atoms with Crippen LogP contribution in [0.2, 0.25) is 0 Å². The highest BCUT2D eigenvalue weighted by molar-refractivity contribution is 5.98. The summed E-state index contributed by atoms with van der Waals surface area (Å²) in [6.07, 6.45) is 0. The van der Waals surface area contributed by atoms with Gasteiger partial charge in [0.25, 0.3) is 0 Å². The van der Waals surface area contributed by atoms with E-state index in [1.165, 1.54) is 0 Å². The van der Waals surface area contributed by atoms with Gasteiger partial charge in [-0.25, -0.2) is 14.8 Å². The molecule has 4 rings (SSSR count). The molecule has 0 aliphatic carbocycles. The first-order valence-corrected chi connectivity index (χ1v) is 7.75. The van der Waals surface area contributed by atoms with Gasteiger partial charge in [-0.05, 0) is 32.0 Å². The summed E-state index contributed by atoms with van der Waals surface area (Å²) in [4.78, 5) is 19.6. The highest BCUT2D eigenvalue weighted by Gasteiger charge is 2.20. The fraction of sp³-hybridized carbons (Fsp3) is 0.167. The molecule has 8 heteroatoms. The number of carbonyl (C=O) groups is 1. The Morgan fingerprint density at radius 2 is 1.92 bits per heavy atom. The predicted octanol–water partition coefficient (Wildman–Crippen LogP) is 3.17. The van der Waals surface area contributed by atoms with Gasteiger partial charge in [-0.3, -0.25) is 0 Å². The molecule has 0 amide bonds. The van der Waals surface area contributed by atoms with Crippen molar-refractivity contribution >= 4 is 16.9 Å². The van der Waals surface area contributed by atoms with Crippen LogP contribution in [-0.4, -0.2) is 32.9 Å². The van der Waals surface area contributed by atoms with Crippen molar-refractivity contribution < 1.29 is 29.2 Å². The number of hydrogen-bond donors (Lipinski definition) is 2. The van der Waals surface area contributed by atoms with Crippen molar-refractivity contribution in [2.24, 2.45) is 0 Å². The van der Waals surface area contributed by atoms with Gasteiger partial charge in [0.15, 0.2) is 22.9 Å². The molecule has 0 spiro atoms. The molecule has 2 aromatic heterocycles. The first-order valence-electron chi connectivity index (χ1n) is 7.75. The highest BCUT2D eigenvalue weighted by atomic mass is 16.7. The molecule has 2 N–H and O–H groups in total. The average Bonchev–Trinajstić information content (AvgIpc) is 3.07. The Kier molecular flexibility index (Phi) is 3.54. The molecule has 8 nitrogen and oxygen atoms in total. The van der Waals surface area contributed by atoms with E-state index in [0.29, 0.717) is 45.3 Å². The molecule has 132 valence electrons. The summed E-state index contributed by atoms with van der Waals surface area (Å²) in [6, 6.07) is 6.80. The van der Waals surface area contributed by atoms with Crippen molar-refractivity contribution in [3.63, 3.8) is 0 Å². The molecule has 1 aliphatic heterocycles. The summed E-state index contributed by atoms with van der Waals surface area (Å²) in [5.41, 5.74) is 0.979. The van der Waals surface area contributed by atoms with E-state index in [-0.39, 0.29) is 6.79 Å². The van der Waals surface area contributed by atoms with Gasteiger partial charge in [-0.1, -0.05) is 0 Å². The van der Waals surface area contributed by atoms with Crippen LogP contribution in [0.4, 0.5) is 0 Å². The minimum atomic E-state index is -1.30. The first kappa shape index (κ1) is 15.9. The van der Waals surface area contributed by atoms with E-state index in [1.807, 2.05) is 0 Å². The van der Waals surface area contributed by atoms with Gasteiger partial charge in [0, 0.05) is 17.0 Å². The zero-order valence-corrected chi connectivity index (χ0v) is 13.9. The van der Waals surface area contributed by atoms with Crippen LogP contribution in [0, 0.1) is 13.8 Å². The minimum absolute atomic E-state index is 0.169. The SMILES string of the molecule is Cc1cc2c(O)c(C(=O)O)nc(C)c2nc1Oc1ccc2c(c1)OCO2. The number of nitrogens with zero attached hydrogens (tertiary/aromatic N) is 2.